The number of hydrogen-bond acceptors (Lipinski definition) is 4. The van der Waals surface area contributed by atoms with Gasteiger partial charge in [0.1, 0.15) is 0 Å². The lowest BCUT2D eigenvalue weighted by atomic mass is 10.2. The van der Waals surface area contributed by atoms with Crippen molar-refractivity contribution in [2.45, 2.75) is 32.6 Å². The van der Waals surface area contributed by atoms with Gasteiger partial charge in [0.25, 0.3) is 0 Å². The van der Waals surface area contributed by atoms with Crippen molar-refractivity contribution in [1.29, 1.82) is 0 Å². The maximum absolute atomic E-state index is 11.4. The van der Waals surface area contributed by atoms with Crippen LogP contribution in [0.2, 0.25) is 0 Å². The predicted octanol–water partition coefficient (Wildman–Crippen LogP) is 2.22. The quantitative estimate of drug-likeness (QED) is 0.663. The fourth-order valence-electron chi connectivity index (χ4n) is 1.33. The predicted molar refractivity (Wildman–Crippen MR) is 70.0 cm³/mol. The van der Waals surface area contributed by atoms with Crippen molar-refractivity contribution >= 4 is 28.5 Å². The molecule has 0 spiro atoms. The number of carbonyl (C=O) groups is 2. The largest absolute Gasteiger partial charge is 0.481 e. The molecule has 0 fully saturated rings. The highest BCUT2D eigenvalue weighted by Crippen LogP contribution is 2.15. The summed E-state index contributed by atoms with van der Waals surface area (Å²) in [4.78, 5) is 26.7. The number of aliphatic carboxylic acids is 1. The Morgan fingerprint density at radius 1 is 1.39 bits per heavy atom. The number of amides is 2. The van der Waals surface area contributed by atoms with Gasteiger partial charge in [-0.1, -0.05) is 6.42 Å². The first-order valence-corrected chi connectivity index (χ1v) is 6.58. The summed E-state index contributed by atoms with van der Waals surface area (Å²) in [7, 11) is 0. The van der Waals surface area contributed by atoms with Crippen molar-refractivity contribution in [3.8, 4) is 0 Å². The molecule has 0 saturated carbocycles. The zero-order valence-electron chi connectivity index (χ0n) is 10.2. The first-order chi connectivity index (χ1) is 8.58. The molecule has 1 aromatic rings. The van der Waals surface area contributed by atoms with E-state index in [0.717, 1.165) is 17.7 Å². The number of carbonyl (C=O) groups excluding carboxylic acids is 1. The van der Waals surface area contributed by atoms with Gasteiger partial charge in [0, 0.05) is 24.0 Å². The average molecular weight is 271 g/mol. The highest BCUT2D eigenvalue weighted by molar-refractivity contribution is 7.15. The van der Waals surface area contributed by atoms with Gasteiger partial charge in [-0.25, -0.2) is 9.78 Å². The highest BCUT2D eigenvalue weighted by Gasteiger charge is 2.04. The van der Waals surface area contributed by atoms with Gasteiger partial charge in [0.05, 0.1) is 0 Å². The number of nitrogens with one attached hydrogen (secondary N) is 2. The lowest BCUT2D eigenvalue weighted by Gasteiger charge is -2.04. The molecule has 0 saturated heterocycles. The van der Waals surface area contributed by atoms with Crippen LogP contribution >= 0.6 is 11.3 Å². The normalized spacial score (nSPS) is 10.1. The molecule has 0 unspecified atom stereocenters. The molecule has 0 radical (unpaired) electrons. The van der Waals surface area contributed by atoms with Crippen LogP contribution in [0.5, 0.6) is 0 Å². The molecular weight excluding hydrogens is 254 g/mol. The molecule has 0 atom stereocenters. The molecule has 18 heavy (non-hydrogen) atoms. The van der Waals surface area contributed by atoms with Crippen molar-refractivity contribution in [3.05, 3.63) is 11.1 Å². The smallest absolute Gasteiger partial charge is 0.321 e. The van der Waals surface area contributed by atoms with Crippen molar-refractivity contribution < 1.29 is 14.7 Å². The van der Waals surface area contributed by atoms with Crippen LogP contribution in [0.25, 0.3) is 0 Å². The molecule has 1 heterocycles. The van der Waals surface area contributed by atoms with Crippen LogP contribution in [0.15, 0.2) is 6.20 Å². The van der Waals surface area contributed by atoms with Crippen LogP contribution in [0.3, 0.4) is 0 Å². The Kier molecular flexibility index (Phi) is 6.13. The first kappa shape index (κ1) is 14.4. The van der Waals surface area contributed by atoms with Gasteiger partial charge >= 0.3 is 12.0 Å². The topological polar surface area (TPSA) is 91.3 Å². The molecule has 100 valence electrons. The molecule has 1 rings (SSSR count). The summed E-state index contributed by atoms with van der Waals surface area (Å²) in [5.41, 5.74) is 0. The Hall–Kier alpha value is -1.63. The molecule has 3 N–H and O–H groups in total. The zero-order valence-corrected chi connectivity index (χ0v) is 11.0. The fourth-order valence-corrected chi connectivity index (χ4v) is 1.99. The lowest BCUT2D eigenvalue weighted by Crippen LogP contribution is -2.29. The van der Waals surface area contributed by atoms with Crippen LogP contribution in [0.1, 0.15) is 30.6 Å². The summed E-state index contributed by atoms with van der Waals surface area (Å²) in [6.07, 6.45) is 4.10. The van der Waals surface area contributed by atoms with Crippen LogP contribution in [-0.4, -0.2) is 28.6 Å². The molecule has 2 amide bonds. The number of nitrogens with zero attached hydrogens (tertiary/aromatic N) is 1. The summed E-state index contributed by atoms with van der Waals surface area (Å²) in [6, 6.07) is -0.275. The Balaban J connectivity index is 2.05. The zero-order chi connectivity index (χ0) is 13.4. The monoisotopic (exact) mass is 271 g/mol. The second kappa shape index (κ2) is 7.65. The minimum Gasteiger partial charge on any atom is -0.481 e. The lowest BCUT2D eigenvalue weighted by molar-refractivity contribution is -0.137. The van der Waals surface area contributed by atoms with Crippen LogP contribution in [0.4, 0.5) is 9.93 Å². The maximum Gasteiger partial charge on any atom is 0.321 e. The molecule has 0 aromatic carbocycles. The van der Waals surface area contributed by atoms with Crippen molar-refractivity contribution in [1.82, 2.24) is 10.3 Å². The van der Waals surface area contributed by atoms with E-state index in [9.17, 15) is 9.59 Å². The molecule has 1 aromatic heterocycles. The number of anilines is 1. The Bertz CT molecular complexity index is 406. The highest BCUT2D eigenvalue weighted by atomic mass is 32.1. The molecule has 0 bridgehead atoms. The van der Waals surface area contributed by atoms with Gasteiger partial charge in [-0.15, -0.1) is 11.3 Å². The number of carboxylic acid groups (broad SMARTS) is 1. The molecule has 0 aliphatic carbocycles. The van der Waals surface area contributed by atoms with E-state index in [0.29, 0.717) is 18.1 Å². The van der Waals surface area contributed by atoms with E-state index in [1.807, 2.05) is 6.92 Å². The average Bonchev–Trinajstić information content (AvgIpc) is 2.68. The van der Waals surface area contributed by atoms with E-state index in [4.69, 9.17) is 5.11 Å². The Morgan fingerprint density at radius 2 is 2.17 bits per heavy atom. The molecule has 7 heteroatoms. The Labute approximate surface area is 109 Å². The van der Waals surface area contributed by atoms with E-state index in [2.05, 4.69) is 15.6 Å². The third-order valence-corrected chi connectivity index (χ3v) is 3.02. The van der Waals surface area contributed by atoms with Crippen molar-refractivity contribution in [2.24, 2.45) is 0 Å². The van der Waals surface area contributed by atoms with Crippen LogP contribution < -0.4 is 10.6 Å². The van der Waals surface area contributed by atoms with Crippen LogP contribution in [0, 0.1) is 6.92 Å². The van der Waals surface area contributed by atoms with E-state index in [1.165, 1.54) is 11.3 Å². The standard InChI is InChI=1S/C11H17N3O3S/c1-8-7-13-11(18-8)14-10(17)12-6-4-2-3-5-9(15)16/h7H,2-6H2,1H3,(H,15,16)(H2,12,13,14,17). The summed E-state index contributed by atoms with van der Waals surface area (Å²) in [6.45, 7) is 2.46. The van der Waals surface area contributed by atoms with Gasteiger partial charge < -0.3 is 10.4 Å². The Morgan fingerprint density at radius 3 is 2.78 bits per heavy atom. The summed E-state index contributed by atoms with van der Waals surface area (Å²) in [5, 5.41) is 14.4. The summed E-state index contributed by atoms with van der Waals surface area (Å²) >= 11 is 1.42. The van der Waals surface area contributed by atoms with Gasteiger partial charge in [0.15, 0.2) is 5.13 Å². The SMILES string of the molecule is Cc1cnc(NC(=O)NCCCCCC(=O)O)s1. The fraction of sp³-hybridized carbons (Fsp3) is 0.545. The van der Waals surface area contributed by atoms with E-state index >= 15 is 0 Å². The number of rotatable bonds is 7. The molecule has 6 nitrogen and oxygen atoms in total. The third kappa shape index (κ3) is 6.19. The van der Waals surface area contributed by atoms with E-state index < -0.39 is 5.97 Å². The number of aryl methyl sites for hydroxylation is 1. The molecular formula is C11H17N3O3S. The molecule has 0 aliphatic rings. The summed E-state index contributed by atoms with van der Waals surface area (Å²) < 4.78 is 0. The van der Waals surface area contributed by atoms with Crippen molar-refractivity contribution in [2.75, 3.05) is 11.9 Å². The van der Waals surface area contributed by atoms with E-state index in [1.54, 1.807) is 6.20 Å². The second-order valence-corrected chi connectivity index (χ2v) is 5.10. The van der Waals surface area contributed by atoms with Gasteiger partial charge in [0.2, 0.25) is 0 Å². The minimum absolute atomic E-state index is 0.185. The minimum atomic E-state index is -0.778. The van der Waals surface area contributed by atoms with Gasteiger partial charge in [-0.05, 0) is 19.8 Å². The van der Waals surface area contributed by atoms with Crippen LogP contribution in [-0.2, 0) is 4.79 Å². The number of urea groups is 1. The summed E-state index contributed by atoms with van der Waals surface area (Å²) in [5.74, 6) is -0.778. The second-order valence-electron chi connectivity index (χ2n) is 3.86. The van der Waals surface area contributed by atoms with Gasteiger partial charge in [-0.3, -0.25) is 10.1 Å². The number of carboxylic acids is 1. The number of unbranched alkanes of at least 4 members (excludes halogenated alkanes) is 2. The number of aromatic nitrogens is 1. The number of thiazole rings is 1. The van der Waals surface area contributed by atoms with E-state index in [-0.39, 0.29) is 12.5 Å². The van der Waals surface area contributed by atoms with Crippen molar-refractivity contribution in [3.63, 3.8) is 0 Å². The maximum atomic E-state index is 11.4. The number of hydrogen-bond donors (Lipinski definition) is 3. The molecule has 0 aliphatic heterocycles. The van der Waals surface area contributed by atoms with Gasteiger partial charge in [-0.2, -0.15) is 0 Å². The first-order valence-electron chi connectivity index (χ1n) is 5.77. The third-order valence-electron chi connectivity index (χ3n) is 2.19.